The first-order valence-corrected chi connectivity index (χ1v) is 11.4. The van der Waals surface area contributed by atoms with Gasteiger partial charge in [-0.2, -0.15) is 0 Å². The highest BCUT2D eigenvalue weighted by atomic mass is 35.5. The highest BCUT2D eigenvalue weighted by molar-refractivity contribution is 6.30. The third-order valence-electron chi connectivity index (χ3n) is 6.18. The second-order valence-corrected chi connectivity index (χ2v) is 8.58. The zero-order valence-electron chi connectivity index (χ0n) is 19.4. The maximum Gasteiger partial charge on any atom is 0.317 e. The summed E-state index contributed by atoms with van der Waals surface area (Å²) < 4.78 is 27.6. The summed E-state index contributed by atoms with van der Waals surface area (Å²) in [5, 5.41) is 8.74. The number of ether oxygens (including phenoxy) is 4. The Kier molecular flexibility index (Phi) is 7.26. The van der Waals surface area contributed by atoms with Crippen LogP contribution in [0, 0.1) is 0 Å². The molecule has 8 nitrogen and oxygen atoms in total. The van der Waals surface area contributed by atoms with Crippen LogP contribution >= 0.6 is 11.6 Å². The first kappa shape index (κ1) is 23.9. The number of carbonyl (C=O) groups excluding carboxylic acids is 1. The minimum atomic E-state index is -0.720. The average Bonchev–Trinajstić information content (AvgIpc) is 3.35. The van der Waals surface area contributed by atoms with Crippen molar-refractivity contribution in [2.45, 2.75) is 44.1 Å². The molecule has 1 aliphatic carbocycles. The van der Waals surface area contributed by atoms with E-state index in [0.29, 0.717) is 40.7 Å². The Morgan fingerprint density at radius 2 is 1.71 bits per heavy atom. The highest BCUT2D eigenvalue weighted by Crippen LogP contribution is 2.42. The van der Waals surface area contributed by atoms with Crippen LogP contribution in [0.1, 0.15) is 43.6 Å². The molecule has 1 aliphatic rings. The van der Waals surface area contributed by atoms with E-state index < -0.39 is 5.41 Å². The molecule has 1 heterocycles. The Balaban J connectivity index is 1.53. The van der Waals surface area contributed by atoms with E-state index in [1.54, 1.807) is 18.2 Å². The number of hydrogen-bond donors (Lipinski definition) is 0. The monoisotopic (exact) mass is 486 g/mol. The lowest BCUT2D eigenvalue weighted by molar-refractivity contribution is -0.154. The first-order valence-electron chi connectivity index (χ1n) is 11.1. The van der Waals surface area contributed by atoms with Gasteiger partial charge in [-0.1, -0.05) is 43.0 Å². The molecule has 0 spiro atoms. The Hall–Kier alpha value is -3.26. The van der Waals surface area contributed by atoms with Gasteiger partial charge in [0.05, 0.1) is 26.7 Å². The fraction of sp³-hybridized carbons (Fsp3) is 0.400. The van der Waals surface area contributed by atoms with Crippen molar-refractivity contribution in [3.8, 4) is 28.7 Å². The second kappa shape index (κ2) is 10.3. The Morgan fingerprint density at radius 3 is 2.32 bits per heavy atom. The molecule has 0 radical (unpaired) electrons. The van der Waals surface area contributed by atoms with E-state index in [9.17, 15) is 4.79 Å². The standard InChI is InChI=1S/C25H27ClN2O6/c1-30-19-12-16(13-20(31-2)22(19)32-3)23-28-27-21(34-23)15-33-24(29)25(10-5-4-6-11-25)17-8-7-9-18(26)14-17/h7-9,12-14H,4-6,10-11,15H2,1-3H3. The number of methoxy groups -OCH3 is 3. The molecule has 34 heavy (non-hydrogen) atoms. The van der Waals surface area contributed by atoms with E-state index in [1.165, 1.54) is 21.3 Å². The lowest BCUT2D eigenvalue weighted by atomic mass is 9.69. The molecule has 2 aromatic carbocycles. The van der Waals surface area contributed by atoms with E-state index in [1.807, 2.05) is 18.2 Å². The van der Waals surface area contributed by atoms with Gasteiger partial charge in [-0.05, 0) is 42.7 Å². The van der Waals surface area contributed by atoms with Gasteiger partial charge in [0.15, 0.2) is 18.1 Å². The van der Waals surface area contributed by atoms with Crippen molar-refractivity contribution in [3.05, 3.63) is 52.9 Å². The maximum absolute atomic E-state index is 13.3. The van der Waals surface area contributed by atoms with Crippen LogP contribution in [0.2, 0.25) is 5.02 Å². The average molecular weight is 487 g/mol. The van der Waals surface area contributed by atoms with Gasteiger partial charge in [-0.25, -0.2) is 0 Å². The third kappa shape index (κ3) is 4.68. The quantitative estimate of drug-likeness (QED) is 0.393. The number of hydrogen-bond acceptors (Lipinski definition) is 8. The summed E-state index contributed by atoms with van der Waals surface area (Å²) in [6, 6.07) is 10.9. The van der Waals surface area contributed by atoms with Gasteiger partial charge in [0.1, 0.15) is 0 Å². The number of esters is 1. The first-order chi connectivity index (χ1) is 16.5. The number of rotatable bonds is 8. The molecule has 180 valence electrons. The van der Waals surface area contributed by atoms with Crippen LogP contribution in [0.5, 0.6) is 17.2 Å². The van der Waals surface area contributed by atoms with Gasteiger partial charge in [0, 0.05) is 10.6 Å². The van der Waals surface area contributed by atoms with Gasteiger partial charge in [-0.3, -0.25) is 4.79 Å². The topological polar surface area (TPSA) is 92.9 Å². The van der Waals surface area contributed by atoms with Crippen molar-refractivity contribution in [1.29, 1.82) is 0 Å². The summed E-state index contributed by atoms with van der Waals surface area (Å²) in [6.07, 6.45) is 4.43. The molecule has 0 N–H and O–H groups in total. The SMILES string of the molecule is COc1cc(-c2nnc(COC(=O)C3(c4cccc(Cl)c4)CCCCC3)o2)cc(OC)c1OC. The van der Waals surface area contributed by atoms with Crippen LogP contribution in [-0.2, 0) is 21.6 Å². The number of halogens is 1. The van der Waals surface area contributed by atoms with Gasteiger partial charge in [0.25, 0.3) is 5.89 Å². The predicted octanol–water partition coefficient (Wildman–Crippen LogP) is 5.36. The molecule has 1 saturated carbocycles. The Morgan fingerprint density at radius 1 is 1.00 bits per heavy atom. The highest BCUT2D eigenvalue weighted by Gasteiger charge is 2.43. The zero-order chi connectivity index (χ0) is 24.1. The lowest BCUT2D eigenvalue weighted by Crippen LogP contribution is -2.39. The van der Waals surface area contributed by atoms with Gasteiger partial charge >= 0.3 is 5.97 Å². The normalized spacial score (nSPS) is 14.9. The fourth-order valence-electron chi connectivity index (χ4n) is 4.45. The van der Waals surface area contributed by atoms with Crippen LogP contribution in [0.25, 0.3) is 11.5 Å². The summed E-state index contributed by atoms with van der Waals surface area (Å²) >= 11 is 6.22. The lowest BCUT2D eigenvalue weighted by Gasteiger charge is -2.35. The molecule has 9 heteroatoms. The van der Waals surface area contributed by atoms with E-state index in [4.69, 9.17) is 35.0 Å². The zero-order valence-corrected chi connectivity index (χ0v) is 20.2. The summed E-state index contributed by atoms with van der Waals surface area (Å²) in [4.78, 5) is 13.3. The largest absolute Gasteiger partial charge is 0.493 e. The van der Waals surface area contributed by atoms with Crippen molar-refractivity contribution in [1.82, 2.24) is 10.2 Å². The van der Waals surface area contributed by atoms with E-state index in [0.717, 1.165) is 24.8 Å². The van der Waals surface area contributed by atoms with Crippen LogP contribution < -0.4 is 14.2 Å². The minimum absolute atomic E-state index is 0.126. The fourth-order valence-corrected chi connectivity index (χ4v) is 4.64. The Labute approximate surface area is 203 Å². The summed E-state index contributed by atoms with van der Waals surface area (Å²) in [5.41, 5.74) is 0.749. The smallest absolute Gasteiger partial charge is 0.317 e. The second-order valence-electron chi connectivity index (χ2n) is 8.14. The molecule has 0 aliphatic heterocycles. The predicted molar refractivity (Wildman–Crippen MR) is 125 cm³/mol. The van der Waals surface area contributed by atoms with Crippen LogP contribution in [0.4, 0.5) is 0 Å². The molecule has 4 rings (SSSR count). The van der Waals surface area contributed by atoms with Gasteiger partial charge in [-0.15, -0.1) is 10.2 Å². The number of benzene rings is 2. The minimum Gasteiger partial charge on any atom is -0.493 e. The number of nitrogens with zero attached hydrogens (tertiary/aromatic N) is 2. The molecule has 0 amide bonds. The summed E-state index contributed by atoms with van der Waals surface area (Å²) in [6.45, 7) is -0.126. The number of aromatic nitrogens is 2. The molecular formula is C25H27ClN2O6. The van der Waals surface area contributed by atoms with Crippen molar-refractivity contribution in [2.24, 2.45) is 0 Å². The third-order valence-corrected chi connectivity index (χ3v) is 6.42. The molecular weight excluding hydrogens is 460 g/mol. The molecule has 1 fully saturated rings. The summed E-state index contributed by atoms with van der Waals surface area (Å²) in [5.74, 6) is 1.51. The van der Waals surface area contributed by atoms with Crippen molar-refractivity contribution in [2.75, 3.05) is 21.3 Å². The molecule has 1 aromatic heterocycles. The van der Waals surface area contributed by atoms with Gasteiger partial charge < -0.3 is 23.4 Å². The number of carbonyl (C=O) groups is 1. The van der Waals surface area contributed by atoms with E-state index in [-0.39, 0.29) is 24.4 Å². The molecule has 3 aromatic rings. The van der Waals surface area contributed by atoms with E-state index >= 15 is 0 Å². The van der Waals surface area contributed by atoms with Crippen LogP contribution in [-0.4, -0.2) is 37.5 Å². The van der Waals surface area contributed by atoms with Crippen molar-refractivity contribution in [3.63, 3.8) is 0 Å². The molecule has 0 saturated heterocycles. The molecule has 0 bridgehead atoms. The van der Waals surface area contributed by atoms with Crippen molar-refractivity contribution >= 4 is 17.6 Å². The molecule has 0 atom stereocenters. The van der Waals surface area contributed by atoms with Gasteiger partial charge in [0.2, 0.25) is 11.6 Å². The summed E-state index contributed by atoms with van der Waals surface area (Å²) in [7, 11) is 4.59. The molecule has 0 unspecified atom stereocenters. The van der Waals surface area contributed by atoms with E-state index in [2.05, 4.69) is 10.2 Å². The van der Waals surface area contributed by atoms with Crippen LogP contribution in [0.3, 0.4) is 0 Å². The maximum atomic E-state index is 13.3. The Bertz CT molecular complexity index is 1130. The van der Waals surface area contributed by atoms with Crippen molar-refractivity contribution < 1.29 is 28.2 Å². The van der Waals surface area contributed by atoms with Crippen LogP contribution in [0.15, 0.2) is 40.8 Å².